The third kappa shape index (κ3) is 2.28. The summed E-state index contributed by atoms with van der Waals surface area (Å²) in [6.45, 7) is 0. The SMILES string of the molecule is On1cc(NCl)c(NCl)c(NCl)c1=NCl. The Kier molecular flexibility index (Phi) is 4.46. The second-order valence-electron chi connectivity index (χ2n) is 2.33. The van der Waals surface area contributed by atoms with Gasteiger partial charge in [0.2, 0.25) is 5.49 Å². The summed E-state index contributed by atoms with van der Waals surface area (Å²) in [5.74, 6) is 0. The Morgan fingerprint density at radius 3 is 2.13 bits per heavy atom. The number of hydrogen-bond acceptors (Lipinski definition) is 5. The van der Waals surface area contributed by atoms with E-state index in [-0.39, 0.29) is 22.5 Å². The van der Waals surface area contributed by atoms with Gasteiger partial charge in [0.05, 0.1) is 11.9 Å². The van der Waals surface area contributed by atoms with E-state index in [9.17, 15) is 5.21 Å². The Bertz CT molecular complexity index is 419. The van der Waals surface area contributed by atoms with E-state index in [1.807, 2.05) is 0 Å². The van der Waals surface area contributed by atoms with Crippen LogP contribution < -0.4 is 20.0 Å². The van der Waals surface area contributed by atoms with Gasteiger partial charge in [-0.2, -0.15) is 9.24 Å². The predicted octanol–water partition coefficient (Wildman–Crippen LogP) is 2.48. The standard InChI is InChI=1S/C5H5Cl4N5O/c6-10-2-1-14(15)5(13-9)4(12-8)3(2)11-7/h1,10-12,15H. The average molecular weight is 293 g/mol. The maximum atomic E-state index is 9.42. The van der Waals surface area contributed by atoms with E-state index in [2.05, 4.69) is 19.0 Å². The maximum absolute atomic E-state index is 9.42. The zero-order valence-corrected chi connectivity index (χ0v) is 9.95. The fourth-order valence-electron chi connectivity index (χ4n) is 0.949. The molecule has 0 amide bonds. The third-order valence-electron chi connectivity index (χ3n) is 1.58. The van der Waals surface area contributed by atoms with Crippen molar-refractivity contribution in [2.45, 2.75) is 0 Å². The zero-order valence-electron chi connectivity index (χ0n) is 6.93. The number of hydrogen-bond donors (Lipinski definition) is 4. The van der Waals surface area contributed by atoms with E-state index in [1.165, 1.54) is 6.20 Å². The summed E-state index contributed by atoms with van der Waals surface area (Å²) in [7, 11) is 0. The number of nitrogens with one attached hydrogen (secondary N) is 3. The Morgan fingerprint density at radius 1 is 1.13 bits per heavy atom. The van der Waals surface area contributed by atoms with Crippen molar-refractivity contribution in [1.82, 2.24) is 4.73 Å². The van der Waals surface area contributed by atoms with Crippen LogP contribution >= 0.6 is 47.1 Å². The molecule has 0 aliphatic heterocycles. The molecule has 0 saturated carbocycles. The van der Waals surface area contributed by atoms with Gasteiger partial charge in [0.1, 0.15) is 11.4 Å². The first kappa shape index (κ1) is 12.4. The molecular weight excluding hydrogens is 288 g/mol. The minimum absolute atomic E-state index is 0.0366. The first-order valence-corrected chi connectivity index (χ1v) is 4.90. The van der Waals surface area contributed by atoms with Crippen LogP contribution in [-0.2, 0) is 0 Å². The van der Waals surface area contributed by atoms with Crippen molar-refractivity contribution in [3.8, 4) is 0 Å². The molecule has 4 N–H and O–H groups in total. The lowest BCUT2D eigenvalue weighted by atomic mass is 10.3. The summed E-state index contributed by atoms with van der Waals surface area (Å²) in [6, 6.07) is 0. The smallest absolute Gasteiger partial charge is 0.208 e. The molecule has 0 aromatic carbocycles. The Balaban J connectivity index is 3.60. The minimum Gasteiger partial charge on any atom is -0.427 e. The predicted molar refractivity (Wildman–Crippen MR) is 61.5 cm³/mol. The topological polar surface area (TPSA) is 73.6 Å². The van der Waals surface area contributed by atoms with Crippen molar-refractivity contribution in [2.24, 2.45) is 4.51 Å². The van der Waals surface area contributed by atoms with E-state index in [4.69, 9.17) is 47.1 Å². The lowest BCUT2D eigenvalue weighted by molar-refractivity contribution is 0.174. The molecule has 1 heterocycles. The van der Waals surface area contributed by atoms with Crippen molar-refractivity contribution in [2.75, 3.05) is 14.5 Å². The van der Waals surface area contributed by atoms with E-state index >= 15 is 0 Å². The van der Waals surface area contributed by atoms with Crippen LogP contribution in [0.2, 0.25) is 0 Å². The molecule has 1 aromatic rings. The largest absolute Gasteiger partial charge is 0.427 e. The molecule has 1 rings (SSSR count). The van der Waals surface area contributed by atoms with Crippen LogP contribution in [0, 0.1) is 0 Å². The first-order valence-electron chi connectivity index (χ1n) is 3.43. The van der Waals surface area contributed by atoms with Gasteiger partial charge in [-0.3, -0.25) is 14.5 Å². The highest BCUT2D eigenvalue weighted by atomic mass is 35.5. The van der Waals surface area contributed by atoms with Crippen molar-refractivity contribution in [3.05, 3.63) is 11.7 Å². The molecular formula is C5H5Cl4N5O. The molecule has 0 unspecified atom stereocenters. The zero-order chi connectivity index (χ0) is 11.4. The summed E-state index contributed by atoms with van der Waals surface area (Å²) < 4.78 is 3.92. The first-order chi connectivity index (χ1) is 7.19. The van der Waals surface area contributed by atoms with Gasteiger partial charge in [-0.15, -0.1) is 0 Å². The van der Waals surface area contributed by atoms with E-state index < -0.39 is 0 Å². The van der Waals surface area contributed by atoms with Crippen molar-refractivity contribution < 1.29 is 5.21 Å². The van der Waals surface area contributed by atoms with Crippen LogP contribution in [-0.4, -0.2) is 9.94 Å². The molecule has 0 saturated heterocycles. The fraction of sp³-hybridized carbons (Fsp3) is 0. The maximum Gasteiger partial charge on any atom is 0.208 e. The normalized spacial score (nSPS) is 11.3. The van der Waals surface area contributed by atoms with Crippen LogP contribution in [0.5, 0.6) is 0 Å². The van der Waals surface area contributed by atoms with Gasteiger partial charge in [-0.1, -0.05) is 0 Å². The summed E-state index contributed by atoms with van der Waals surface area (Å²) in [5, 5.41) is 9.42. The molecule has 0 spiro atoms. The molecule has 0 atom stereocenters. The van der Waals surface area contributed by atoms with Gasteiger partial charge in [-0.05, 0) is 0 Å². The Labute approximate surface area is 105 Å². The highest BCUT2D eigenvalue weighted by Gasteiger charge is 2.13. The van der Waals surface area contributed by atoms with Crippen LogP contribution in [0.15, 0.2) is 10.7 Å². The number of aromatic nitrogens is 1. The molecule has 0 bridgehead atoms. The minimum atomic E-state index is -0.0366. The van der Waals surface area contributed by atoms with E-state index in [1.54, 1.807) is 0 Å². The van der Waals surface area contributed by atoms with Crippen LogP contribution in [0.25, 0.3) is 0 Å². The summed E-state index contributed by atoms with van der Waals surface area (Å²) in [6.07, 6.45) is 1.21. The van der Waals surface area contributed by atoms with Crippen LogP contribution in [0.1, 0.15) is 0 Å². The average Bonchev–Trinajstić information content (AvgIpc) is 2.27. The van der Waals surface area contributed by atoms with Gasteiger partial charge in [0.25, 0.3) is 0 Å². The molecule has 1 aromatic heterocycles. The van der Waals surface area contributed by atoms with E-state index in [0.29, 0.717) is 4.73 Å². The van der Waals surface area contributed by atoms with Gasteiger partial charge in [0.15, 0.2) is 0 Å². The quantitative estimate of drug-likeness (QED) is 0.510. The molecule has 0 aliphatic rings. The summed E-state index contributed by atoms with van der Waals surface area (Å²) >= 11 is 21.5. The monoisotopic (exact) mass is 291 g/mol. The number of pyridine rings is 1. The Hall–Kier alpha value is -0.690. The molecule has 0 fully saturated rings. The van der Waals surface area contributed by atoms with Crippen molar-refractivity contribution >= 4 is 64.2 Å². The molecule has 84 valence electrons. The fourth-order valence-corrected chi connectivity index (χ4v) is 1.63. The van der Waals surface area contributed by atoms with Gasteiger partial charge < -0.3 is 5.21 Å². The molecule has 6 nitrogen and oxygen atoms in total. The summed E-state index contributed by atoms with van der Waals surface area (Å²) in [4.78, 5) is 6.83. The van der Waals surface area contributed by atoms with Crippen LogP contribution in [0.4, 0.5) is 17.1 Å². The lowest BCUT2D eigenvalue weighted by Crippen LogP contribution is -2.22. The lowest BCUT2D eigenvalue weighted by Gasteiger charge is -2.12. The van der Waals surface area contributed by atoms with Crippen molar-refractivity contribution in [1.29, 1.82) is 0 Å². The molecule has 0 aliphatic carbocycles. The van der Waals surface area contributed by atoms with E-state index in [0.717, 1.165) is 0 Å². The second-order valence-corrected chi connectivity index (χ2v) is 3.06. The Morgan fingerprint density at radius 2 is 1.73 bits per heavy atom. The number of halogens is 4. The molecule has 10 heteroatoms. The van der Waals surface area contributed by atoms with Crippen LogP contribution in [0.3, 0.4) is 0 Å². The highest BCUT2D eigenvalue weighted by Crippen LogP contribution is 2.29. The van der Waals surface area contributed by atoms with Gasteiger partial charge >= 0.3 is 0 Å². The highest BCUT2D eigenvalue weighted by molar-refractivity contribution is 6.31. The second kappa shape index (κ2) is 5.41. The third-order valence-corrected chi connectivity index (χ3v) is 2.32. The van der Waals surface area contributed by atoms with Crippen molar-refractivity contribution in [3.63, 3.8) is 0 Å². The molecule has 0 radical (unpaired) electrons. The number of anilines is 3. The summed E-state index contributed by atoms with van der Waals surface area (Å²) in [5.41, 5.74) is 0.688. The van der Waals surface area contributed by atoms with Gasteiger partial charge in [0, 0.05) is 47.1 Å². The van der Waals surface area contributed by atoms with Gasteiger partial charge in [-0.25, -0.2) is 0 Å². The number of nitrogens with zero attached hydrogens (tertiary/aromatic N) is 2. The molecule has 15 heavy (non-hydrogen) atoms. The number of rotatable bonds is 3.